The van der Waals surface area contributed by atoms with E-state index >= 15 is 0 Å². The number of hydrogen-bond acceptors (Lipinski definition) is 7. The first-order valence-corrected chi connectivity index (χ1v) is 8.74. The van der Waals surface area contributed by atoms with Gasteiger partial charge in [0.05, 0.1) is 9.85 Å². The van der Waals surface area contributed by atoms with Crippen molar-refractivity contribution in [1.29, 1.82) is 0 Å². The van der Waals surface area contributed by atoms with Crippen LogP contribution in [-0.4, -0.2) is 22.4 Å². The van der Waals surface area contributed by atoms with Crippen molar-refractivity contribution >= 4 is 34.9 Å². The summed E-state index contributed by atoms with van der Waals surface area (Å²) in [6.07, 6.45) is 3.59. The number of rotatable bonds is 6. The largest absolute Gasteiger partial charge is 0.443 e. The molecule has 2 aromatic carbocycles. The highest BCUT2D eigenvalue weighted by molar-refractivity contribution is 7.98. The molecule has 0 bridgehead atoms. The van der Waals surface area contributed by atoms with E-state index in [9.17, 15) is 20.2 Å². The third-order valence-electron chi connectivity index (χ3n) is 2.95. The van der Waals surface area contributed by atoms with E-state index in [1.54, 1.807) is 24.6 Å². The highest BCUT2D eigenvalue weighted by Crippen LogP contribution is 2.39. The van der Waals surface area contributed by atoms with E-state index in [2.05, 4.69) is 0 Å². The Morgan fingerprint density at radius 1 is 0.826 bits per heavy atom. The zero-order valence-electron chi connectivity index (χ0n) is 12.2. The monoisotopic (exact) mass is 352 g/mol. The Morgan fingerprint density at radius 2 is 1.22 bits per heavy atom. The van der Waals surface area contributed by atoms with Crippen LogP contribution in [0.1, 0.15) is 0 Å². The number of ether oxygens (including phenoxy) is 1. The van der Waals surface area contributed by atoms with E-state index in [-0.39, 0.29) is 22.9 Å². The van der Waals surface area contributed by atoms with Crippen LogP contribution in [0, 0.1) is 20.2 Å². The fourth-order valence-corrected chi connectivity index (χ4v) is 2.69. The molecule has 0 amide bonds. The van der Waals surface area contributed by atoms with Gasteiger partial charge in [-0.2, -0.15) is 0 Å². The van der Waals surface area contributed by atoms with Crippen molar-refractivity contribution in [3.8, 4) is 11.5 Å². The zero-order valence-corrected chi connectivity index (χ0v) is 13.8. The van der Waals surface area contributed by atoms with Gasteiger partial charge in [0, 0.05) is 21.9 Å². The quantitative estimate of drug-likeness (QED) is 0.421. The molecule has 0 aliphatic heterocycles. The maximum Gasteiger partial charge on any atom is 0.312 e. The molecule has 2 aromatic rings. The van der Waals surface area contributed by atoms with Crippen molar-refractivity contribution in [3.05, 3.63) is 56.6 Å². The van der Waals surface area contributed by atoms with Crippen LogP contribution in [0.4, 0.5) is 11.4 Å². The summed E-state index contributed by atoms with van der Waals surface area (Å²) in [6, 6.07) is 8.96. The van der Waals surface area contributed by atoms with Crippen molar-refractivity contribution in [2.24, 2.45) is 0 Å². The van der Waals surface area contributed by atoms with Gasteiger partial charge >= 0.3 is 11.4 Å². The van der Waals surface area contributed by atoms with Gasteiger partial charge in [0.15, 0.2) is 0 Å². The van der Waals surface area contributed by atoms with Crippen LogP contribution in [0.3, 0.4) is 0 Å². The Kier molecular flexibility index (Phi) is 5.45. The van der Waals surface area contributed by atoms with Crippen LogP contribution in [0.25, 0.3) is 0 Å². The second-order valence-corrected chi connectivity index (χ2v) is 6.04. The number of nitro benzene ring substituents is 2. The van der Waals surface area contributed by atoms with Gasteiger partial charge in [-0.1, -0.05) is 0 Å². The van der Waals surface area contributed by atoms with E-state index in [1.165, 1.54) is 47.8 Å². The van der Waals surface area contributed by atoms with Crippen LogP contribution in [0.5, 0.6) is 11.5 Å². The molecule has 0 aromatic heterocycles. The highest BCUT2D eigenvalue weighted by Gasteiger charge is 2.22. The molecule has 0 unspecified atom stereocenters. The maximum absolute atomic E-state index is 11.2. The van der Waals surface area contributed by atoms with Crippen molar-refractivity contribution < 1.29 is 14.6 Å². The SMILES string of the molecule is CSc1ccc(Oc2ccc(SC)cc2[N+](=O)[O-])c([N+](=O)[O-])c1. The number of nitro groups is 2. The fraction of sp³-hybridized carbons (Fsp3) is 0.143. The molecular weight excluding hydrogens is 340 g/mol. The lowest BCUT2D eigenvalue weighted by molar-refractivity contribution is -0.387. The normalized spacial score (nSPS) is 10.3. The molecule has 0 aliphatic carbocycles. The van der Waals surface area contributed by atoms with E-state index in [1.807, 2.05) is 0 Å². The molecule has 120 valence electrons. The van der Waals surface area contributed by atoms with Crippen molar-refractivity contribution in [2.75, 3.05) is 12.5 Å². The molecule has 2 rings (SSSR count). The molecule has 0 radical (unpaired) electrons. The van der Waals surface area contributed by atoms with Crippen LogP contribution in [-0.2, 0) is 0 Å². The number of hydrogen-bond donors (Lipinski definition) is 0. The topological polar surface area (TPSA) is 95.5 Å². The highest BCUT2D eigenvalue weighted by atomic mass is 32.2. The molecule has 0 aliphatic rings. The molecule has 0 N–H and O–H groups in total. The summed E-state index contributed by atoms with van der Waals surface area (Å²) >= 11 is 2.71. The van der Waals surface area contributed by atoms with Gasteiger partial charge in [-0.3, -0.25) is 20.2 Å². The van der Waals surface area contributed by atoms with Crippen LogP contribution in [0.15, 0.2) is 46.2 Å². The van der Waals surface area contributed by atoms with E-state index in [0.29, 0.717) is 9.79 Å². The Bertz CT molecular complexity index is 703. The number of thioether (sulfide) groups is 2. The predicted octanol–water partition coefficient (Wildman–Crippen LogP) is 4.74. The third-order valence-corrected chi connectivity index (χ3v) is 4.40. The molecule has 0 saturated carbocycles. The summed E-state index contributed by atoms with van der Waals surface area (Å²) in [6.45, 7) is 0. The summed E-state index contributed by atoms with van der Waals surface area (Å²) in [7, 11) is 0. The summed E-state index contributed by atoms with van der Waals surface area (Å²) in [5, 5.41) is 22.4. The van der Waals surface area contributed by atoms with Gasteiger partial charge in [-0.15, -0.1) is 23.5 Å². The summed E-state index contributed by atoms with van der Waals surface area (Å²) < 4.78 is 5.46. The average molecular weight is 352 g/mol. The molecule has 23 heavy (non-hydrogen) atoms. The minimum Gasteiger partial charge on any atom is -0.443 e. The summed E-state index contributed by atoms with van der Waals surface area (Å²) in [4.78, 5) is 22.6. The fourth-order valence-electron chi connectivity index (χ4n) is 1.82. The van der Waals surface area contributed by atoms with E-state index < -0.39 is 9.85 Å². The maximum atomic E-state index is 11.2. The second-order valence-electron chi connectivity index (χ2n) is 4.28. The molecule has 9 heteroatoms. The van der Waals surface area contributed by atoms with Gasteiger partial charge in [0.1, 0.15) is 0 Å². The lowest BCUT2D eigenvalue weighted by atomic mass is 10.2. The van der Waals surface area contributed by atoms with Crippen LogP contribution in [0.2, 0.25) is 0 Å². The number of benzene rings is 2. The van der Waals surface area contributed by atoms with Gasteiger partial charge < -0.3 is 4.74 Å². The van der Waals surface area contributed by atoms with Gasteiger partial charge in [0.25, 0.3) is 0 Å². The van der Waals surface area contributed by atoms with Gasteiger partial charge in [-0.25, -0.2) is 0 Å². The summed E-state index contributed by atoms with van der Waals surface area (Å²) in [5.74, 6) is -0.0689. The Hall–Kier alpha value is -2.26. The first-order chi connectivity index (χ1) is 11.0. The predicted molar refractivity (Wildman–Crippen MR) is 89.8 cm³/mol. The number of nitrogens with zero attached hydrogens (tertiary/aromatic N) is 2. The Morgan fingerprint density at radius 3 is 1.52 bits per heavy atom. The van der Waals surface area contributed by atoms with Crippen molar-refractivity contribution in [1.82, 2.24) is 0 Å². The Balaban J connectivity index is 2.47. The summed E-state index contributed by atoms with van der Waals surface area (Å²) in [5.41, 5.74) is -0.472. The molecule has 0 atom stereocenters. The molecule has 0 spiro atoms. The molecular formula is C14H12N2O5S2. The first kappa shape index (κ1) is 17.1. The molecule has 0 fully saturated rings. The molecule has 0 saturated heterocycles. The minimum absolute atomic E-state index is 0.0344. The zero-order chi connectivity index (χ0) is 17.0. The smallest absolute Gasteiger partial charge is 0.312 e. The minimum atomic E-state index is -0.572. The lowest BCUT2D eigenvalue weighted by Gasteiger charge is -2.08. The Labute approximate surface area is 140 Å². The van der Waals surface area contributed by atoms with Gasteiger partial charge in [-0.05, 0) is 36.8 Å². The van der Waals surface area contributed by atoms with Gasteiger partial charge in [0.2, 0.25) is 11.5 Å². The van der Waals surface area contributed by atoms with E-state index in [4.69, 9.17) is 4.74 Å². The molecule has 0 heterocycles. The third kappa shape index (κ3) is 3.93. The van der Waals surface area contributed by atoms with E-state index in [0.717, 1.165) is 0 Å². The van der Waals surface area contributed by atoms with Crippen molar-refractivity contribution in [3.63, 3.8) is 0 Å². The second kappa shape index (κ2) is 7.34. The van der Waals surface area contributed by atoms with Crippen LogP contribution >= 0.6 is 23.5 Å². The van der Waals surface area contributed by atoms with Crippen LogP contribution < -0.4 is 4.74 Å². The average Bonchev–Trinajstić information content (AvgIpc) is 2.55. The van der Waals surface area contributed by atoms with Crippen molar-refractivity contribution in [2.45, 2.75) is 9.79 Å². The molecule has 7 nitrogen and oxygen atoms in total. The standard InChI is InChI=1S/C14H12N2O5S2/c1-22-9-3-5-13(11(7-9)15(17)18)21-14-6-4-10(23-2)8-12(14)16(19)20/h3-8H,1-2H3. The lowest BCUT2D eigenvalue weighted by Crippen LogP contribution is -1.97. The first-order valence-electron chi connectivity index (χ1n) is 6.29.